The molecule has 0 atom stereocenters. The Morgan fingerprint density at radius 3 is 2.23 bits per heavy atom. The average Bonchev–Trinajstić information content (AvgIpc) is 3.42. The Labute approximate surface area is 181 Å². The molecule has 158 valence electrons. The van der Waals surface area contributed by atoms with Crippen LogP contribution >= 0.6 is 0 Å². The van der Waals surface area contributed by atoms with Crippen LogP contribution in [0.5, 0.6) is 0 Å². The van der Waals surface area contributed by atoms with E-state index in [0.717, 1.165) is 56.2 Å². The van der Waals surface area contributed by atoms with Crippen LogP contribution in [0.2, 0.25) is 0 Å². The summed E-state index contributed by atoms with van der Waals surface area (Å²) in [6.07, 6.45) is 3.07. The largest absolute Gasteiger partial charge is 0.334 e. The van der Waals surface area contributed by atoms with E-state index in [1.165, 1.54) is 11.1 Å². The fraction of sp³-hybridized carbons (Fsp3) is 0.292. The summed E-state index contributed by atoms with van der Waals surface area (Å²) in [6, 6.07) is 20.3. The van der Waals surface area contributed by atoms with Crippen molar-refractivity contribution < 1.29 is 4.52 Å². The highest BCUT2D eigenvalue weighted by Gasteiger charge is 2.19. The molecule has 2 aromatic heterocycles. The Morgan fingerprint density at radius 2 is 1.48 bits per heavy atom. The average molecular weight is 415 g/mol. The molecule has 7 nitrogen and oxygen atoms in total. The first kappa shape index (κ1) is 19.7. The minimum Gasteiger partial charge on any atom is -0.334 e. The van der Waals surface area contributed by atoms with Crippen molar-refractivity contribution in [3.05, 3.63) is 78.2 Å². The Bertz CT molecular complexity index is 1090. The quantitative estimate of drug-likeness (QED) is 0.517. The number of aromatic nitrogens is 4. The van der Waals surface area contributed by atoms with Gasteiger partial charge in [0, 0.05) is 30.8 Å². The Hall–Kier alpha value is -3.29. The van der Waals surface area contributed by atoms with Crippen molar-refractivity contribution in [3.8, 4) is 22.7 Å². The van der Waals surface area contributed by atoms with Gasteiger partial charge in [0.15, 0.2) is 5.82 Å². The Balaban J connectivity index is 1.19. The molecule has 31 heavy (non-hydrogen) atoms. The van der Waals surface area contributed by atoms with E-state index in [4.69, 9.17) is 4.52 Å². The molecule has 0 amide bonds. The molecule has 5 rings (SSSR count). The lowest BCUT2D eigenvalue weighted by Crippen LogP contribution is -2.30. The normalized spacial score (nSPS) is 15.7. The van der Waals surface area contributed by atoms with Crippen LogP contribution in [0, 0.1) is 0 Å². The standard InChI is InChI=1S/C24H26N6O/c1-3-8-19(9-4-1)23-21(16-25-27-23)17-29-12-7-13-30(15-14-29)18-22-26-24(31-28-22)20-10-5-2-6-11-20/h1-6,8-11,16H,7,12-15,17-18H2,(H,25,27). The zero-order valence-electron chi connectivity index (χ0n) is 17.4. The predicted molar refractivity (Wildman–Crippen MR) is 119 cm³/mol. The van der Waals surface area contributed by atoms with E-state index in [9.17, 15) is 0 Å². The predicted octanol–water partition coefficient (Wildman–Crippen LogP) is 3.83. The van der Waals surface area contributed by atoms with Gasteiger partial charge in [-0.1, -0.05) is 53.7 Å². The van der Waals surface area contributed by atoms with Crippen molar-refractivity contribution in [1.82, 2.24) is 30.1 Å². The molecule has 0 radical (unpaired) electrons. The lowest BCUT2D eigenvalue weighted by Gasteiger charge is -2.21. The molecule has 0 aliphatic carbocycles. The highest BCUT2D eigenvalue weighted by molar-refractivity contribution is 5.62. The third-order valence-corrected chi connectivity index (χ3v) is 5.71. The summed E-state index contributed by atoms with van der Waals surface area (Å²) in [6.45, 7) is 5.69. The molecule has 7 heteroatoms. The van der Waals surface area contributed by atoms with Crippen LogP contribution in [0.1, 0.15) is 17.8 Å². The number of H-pyrrole nitrogens is 1. The van der Waals surface area contributed by atoms with Crippen LogP contribution in [0.15, 0.2) is 71.4 Å². The fourth-order valence-corrected chi connectivity index (χ4v) is 4.08. The Kier molecular flexibility index (Phi) is 5.86. The van der Waals surface area contributed by atoms with Gasteiger partial charge >= 0.3 is 0 Å². The summed E-state index contributed by atoms with van der Waals surface area (Å²) >= 11 is 0. The van der Waals surface area contributed by atoms with Gasteiger partial charge < -0.3 is 4.52 Å². The topological polar surface area (TPSA) is 74.1 Å². The van der Waals surface area contributed by atoms with E-state index in [1.54, 1.807) is 0 Å². The third kappa shape index (κ3) is 4.73. The SMILES string of the molecule is c1ccc(-c2nc(CN3CCCN(Cc4cn[nH]c4-c4ccccc4)CC3)no2)cc1. The molecule has 2 aromatic carbocycles. The van der Waals surface area contributed by atoms with Crippen LogP contribution in [-0.2, 0) is 13.1 Å². The zero-order valence-corrected chi connectivity index (χ0v) is 17.4. The van der Waals surface area contributed by atoms with E-state index in [-0.39, 0.29) is 0 Å². The van der Waals surface area contributed by atoms with Crippen molar-refractivity contribution in [2.45, 2.75) is 19.5 Å². The summed E-state index contributed by atoms with van der Waals surface area (Å²) in [7, 11) is 0. The van der Waals surface area contributed by atoms with Gasteiger partial charge in [0.05, 0.1) is 18.4 Å². The summed E-state index contributed by atoms with van der Waals surface area (Å²) in [4.78, 5) is 9.50. The monoisotopic (exact) mass is 414 g/mol. The number of hydrogen-bond acceptors (Lipinski definition) is 6. The molecule has 0 bridgehead atoms. The second-order valence-electron chi connectivity index (χ2n) is 7.92. The number of nitrogens with one attached hydrogen (secondary N) is 1. The van der Waals surface area contributed by atoms with Crippen LogP contribution in [0.25, 0.3) is 22.7 Å². The van der Waals surface area contributed by atoms with Gasteiger partial charge in [0.25, 0.3) is 5.89 Å². The molecule has 1 saturated heterocycles. The number of benzene rings is 2. The Morgan fingerprint density at radius 1 is 0.806 bits per heavy atom. The number of hydrogen-bond donors (Lipinski definition) is 1. The van der Waals surface area contributed by atoms with Crippen molar-refractivity contribution in [2.75, 3.05) is 26.2 Å². The van der Waals surface area contributed by atoms with E-state index in [1.807, 2.05) is 42.6 Å². The summed E-state index contributed by atoms with van der Waals surface area (Å²) in [5, 5.41) is 11.7. The molecule has 0 spiro atoms. The molecular formula is C24H26N6O. The maximum Gasteiger partial charge on any atom is 0.257 e. The fourth-order valence-electron chi connectivity index (χ4n) is 4.08. The smallest absolute Gasteiger partial charge is 0.257 e. The molecule has 4 aromatic rings. The van der Waals surface area contributed by atoms with Crippen LogP contribution in [-0.4, -0.2) is 56.3 Å². The van der Waals surface area contributed by atoms with Crippen molar-refractivity contribution in [2.24, 2.45) is 0 Å². The van der Waals surface area contributed by atoms with Gasteiger partial charge in [-0.2, -0.15) is 10.1 Å². The van der Waals surface area contributed by atoms with Crippen molar-refractivity contribution >= 4 is 0 Å². The minimum absolute atomic E-state index is 0.584. The second-order valence-corrected chi connectivity index (χ2v) is 7.92. The molecule has 0 unspecified atom stereocenters. The minimum atomic E-state index is 0.584. The number of rotatable bonds is 6. The molecule has 1 aliphatic heterocycles. The second kappa shape index (κ2) is 9.24. The molecular weight excluding hydrogens is 388 g/mol. The van der Waals surface area contributed by atoms with E-state index in [0.29, 0.717) is 12.4 Å². The zero-order chi connectivity index (χ0) is 20.9. The van der Waals surface area contributed by atoms with E-state index >= 15 is 0 Å². The van der Waals surface area contributed by atoms with Crippen LogP contribution < -0.4 is 0 Å². The maximum absolute atomic E-state index is 5.46. The lowest BCUT2D eigenvalue weighted by atomic mass is 10.1. The first-order valence-electron chi connectivity index (χ1n) is 10.8. The molecule has 1 N–H and O–H groups in total. The highest BCUT2D eigenvalue weighted by Crippen LogP contribution is 2.23. The molecule has 1 aliphatic rings. The number of aromatic amines is 1. The molecule has 3 heterocycles. The molecule has 0 saturated carbocycles. The van der Waals surface area contributed by atoms with Crippen LogP contribution in [0.4, 0.5) is 0 Å². The van der Waals surface area contributed by atoms with E-state index in [2.05, 4.69) is 54.4 Å². The molecule has 1 fully saturated rings. The van der Waals surface area contributed by atoms with Gasteiger partial charge in [0.1, 0.15) is 0 Å². The van der Waals surface area contributed by atoms with Gasteiger partial charge in [-0.05, 0) is 37.2 Å². The summed E-state index contributed by atoms with van der Waals surface area (Å²) < 4.78 is 5.46. The van der Waals surface area contributed by atoms with Gasteiger partial charge in [-0.3, -0.25) is 14.9 Å². The third-order valence-electron chi connectivity index (χ3n) is 5.71. The van der Waals surface area contributed by atoms with Gasteiger partial charge in [0.2, 0.25) is 0 Å². The number of nitrogens with zero attached hydrogens (tertiary/aromatic N) is 5. The lowest BCUT2D eigenvalue weighted by molar-refractivity contribution is 0.241. The summed E-state index contributed by atoms with van der Waals surface area (Å²) in [5.41, 5.74) is 4.49. The van der Waals surface area contributed by atoms with Crippen molar-refractivity contribution in [1.29, 1.82) is 0 Å². The van der Waals surface area contributed by atoms with Gasteiger partial charge in [-0.15, -0.1) is 0 Å². The van der Waals surface area contributed by atoms with Gasteiger partial charge in [-0.25, -0.2) is 0 Å². The van der Waals surface area contributed by atoms with Crippen LogP contribution in [0.3, 0.4) is 0 Å². The maximum atomic E-state index is 5.46. The highest BCUT2D eigenvalue weighted by atomic mass is 16.5. The summed E-state index contributed by atoms with van der Waals surface area (Å²) in [5.74, 6) is 1.33. The van der Waals surface area contributed by atoms with Crippen molar-refractivity contribution in [3.63, 3.8) is 0 Å². The van der Waals surface area contributed by atoms with E-state index < -0.39 is 0 Å². The first-order valence-corrected chi connectivity index (χ1v) is 10.8. The first-order chi connectivity index (χ1) is 15.3.